The van der Waals surface area contributed by atoms with Gasteiger partial charge in [-0.2, -0.15) is 13.2 Å². The zero-order chi connectivity index (χ0) is 16.6. The van der Waals surface area contributed by atoms with Crippen LogP contribution in [0.25, 0.3) is 0 Å². The van der Waals surface area contributed by atoms with Gasteiger partial charge < -0.3 is 15.8 Å². The lowest BCUT2D eigenvalue weighted by Gasteiger charge is -2.09. The summed E-state index contributed by atoms with van der Waals surface area (Å²) in [6.45, 7) is 4.07. The van der Waals surface area contributed by atoms with E-state index in [1.807, 2.05) is 0 Å². The largest absolute Gasteiger partial charge is 0.484 e. The minimum absolute atomic E-state index is 0. The Labute approximate surface area is 151 Å². The number of rotatable bonds is 7. The molecule has 0 spiro atoms. The van der Waals surface area contributed by atoms with Gasteiger partial charge in [0.15, 0.2) is 12.6 Å². The number of halogens is 4. The number of nitrogens with one attached hydrogen (secondary N) is 1. The Kier molecular flexibility index (Phi) is 10.0. The number of ether oxygens (including phenoxy) is 1. The first-order chi connectivity index (χ1) is 10.3. The van der Waals surface area contributed by atoms with E-state index in [9.17, 15) is 13.2 Å². The molecular weight excluding hydrogens is 422 g/mol. The van der Waals surface area contributed by atoms with Crippen LogP contribution in [0.3, 0.4) is 0 Å². The number of guanidine groups is 1. The summed E-state index contributed by atoms with van der Waals surface area (Å²) in [6.07, 6.45) is -3.33. The summed E-state index contributed by atoms with van der Waals surface area (Å²) in [7, 11) is 0. The summed E-state index contributed by atoms with van der Waals surface area (Å²) in [5.74, 6) is 1.12. The van der Waals surface area contributed by atoms with Crippen LogP contribution in [0.2, 0.25) is 0 Å². The summed E-state index contributed by atoms with van der Waals surface area (Å²) in [5, 5.41) is 3.01. The van der Waals surface area contributed by atoms with Gasteiger partial charge in [0.1, 0.15) is 5.75 Å². The molecule has 3 N–H and O–H groups in total. The number of hydrogen-bond donors (Lipinski definition) is 2. The van der Waals surface area contributed by atoms with E-state index in [-0.39, 0.29) is 29.7 Å². The van der Waals surface area contributed by atoms with Gasteiger partial charge in [0, 0.05) is 6.54 Å². The molecule has 0 saturated carbocycles. The Hall–Kier alpha value is -1.19. The van der Waals surface area contributed by atoms with Crippen molar-refractivity contribution in [1.82, 2.24) is 5.32 Å². The highest BCUT2D eigenvalue weighted by Gasteiger charge is 2.28. The zero-order valence-electron chi connectivity index (χ0n) is 13.2. The van der Waals surface area contributed by atoms with Gasteiger partial charge in [-0.1, -0.05) is 26.0 Å². The van der Waals surface area contributed by atoms with Crippen LogP contribution in [-0.2, 0) is 6.54 Å². The molecule has 0 atom stereocenters. The number of nitrogens with two attached hydrogens (primary N) is 1. The van der Waals surface area contributed by atoms with E-state index in [4.69, 9.17) is 5.73 Å². The van der Waals surface area contributed by atoms with Gasteiger partial charge in [-0.3, -0.25) is 0 Å². The molecule has 0 heterocycles. The average Bonchev–Trinajstić information content (AvgIpc) is 2.43. The summed E-state index contributed by atoms with van der Waals surface area (Å²) in [5.41, 5.74) is 6.56. The van der Waals surface area contributed by atoms with E-state index in [2.05, 4.69) is 28.9 Å². The number of aliphatic imine (C=N–C) groups is 1. The van der Waals surface area contributed by atoms with E-state index >= 15 is 0 Å². The SMILES string of the molecule is CC(C)CCNC(N)=NCc1ccc(OCC(F)(F)F)cc1.I. The van der Waals surface area contributed by atoms with E-state index in [0.717, 1.165) is 18.5 Å². The van der Waals surface area contributed by atoms with Gasteiger partial charge in [-0.05, 0) is 30.0 Å². The zero-order valence-corrected chi connectivity index (χ0v) is 15.5. The monoisotopic (exact) mass is 445 g/mol. The van der Waals surface area contributed by atoms with Crippen molar-refractivity contribution in [2.24, 2.45) is 16.6 Å². The molecule has 0 bridgehead atoms. The minimum Gasteiger partial charge on any atom is -0.484 e. The van der Waals surface area contributed by atoms with Crippen molar-refractivity contribution in [2.75, 3.05) is 13.2 Å². The number of alkyl halides is 3. The number of hydrogen-bond acceptors (Lipinski definition) is 2. The maximum Gasteiger partial charge on any atom is 0.422 e. The third-order valence-electron chi connectivity index (χ3n) is 2.79. The Bertz CT molecular complexity index is 476. The maximum atomic E-state index is 12.0. The second kappa shape index (κ2) is 10.6. The van der Waals surface area contributed by atoms with Gasteiger partial charge >= 0.3 is 6.18 Å². The number of benzene rings is 1. The van der Waals surface area contributed by atoms with Gasteiger partial charge in [-0.25, -0.2) is 4.99 Å². The van der Waals surface area contributed by atoms with Gasteiger partial charge in [0.2, 0.25) is 0 Å². The van der Waals surface area contributed by atoms with Crippen molar-refractivity contribution in [3.8, 4) is 5.75 Å². The Morgan fingerprint density at radius 1 is 1.26 bits per heavy atom. The molecule has 1 aromatic carbocycles. The Morgan fingerprint density at radius 3 is 2.39 bits per heavy atom. The second-order valence-corrected chi connectivity index (χ2v) is 5.36. The Morgan fingerprint density at radius 2 is 1.87 bits per heavy atom. The van der Waals surface area contributed by atoms with Crippen molar-refractivity contribution in [3.63, 3.8) is 0 Å². The predicted octanol–water partition coefficient (Wildman–Crippen LogP) is 3.70. The first-order valence-corrected chi connectivity index (χ1v) is 7.08. The molecule has 0 aliphatic rings. The topological polar surface area (TPSA) is 59.6 Å². The fraction of sp³-hybridized carbons (Fsp3) is 0.533. The first kappa shape index (κ1) is 21.8. The molecule has 1 aromatic rings. The van der Waals surface area contributed by atoms with Crippen molar-refractivity contribution in [1.29, 1.82) is 0 Å². The maximum absolute atomic E-state index is 12.0. The molecule has 0 unspecified atom stereocenters. The van der Waals surface area contributed by atoms with E-state index < -0.39 is 12.8 Å². The first-order valence-electron chi connectivity index (χ1n) is 7.08. The summed E-state index contributed by atoms with van der Waals surface area (Å²) in [4.78, 5) is 4.17. The molecular formula is C15H23F3IN3O. The van der Waals surface area contributed by atoms with E-state index in [1.54, 1.807) is 12.1 Å². The Balaban J connectivity index is 0.00000484. The molecule has 23 heavy (non-hydrogen) atoms. The van der Waals surface area contributed by atoms with Gasteiger partial charge in [0.05, 0.1) is 6.54 Å². The van der Waals surface area contributed by atoms with Crippen molar-refractivity contribution in [2.45, 2.75) is 33.0 Å². The third-order valence-corrected chi connectivity index (χ3v) is 2.79. The van der Waals surface area contributed by atoms with Crippen LogP contribution in [0.15, 0.2) is 29.3 Å². The molecule has 132 valence electrons. The van der Waals surface area contributed by atoms with Crippen LogP contribution in [0.1, 0.15) is 25.8 Å². The molecule has 0 radical (unpaired) electrons. The van der Waals surface area contributed by atoms with E-state index in [0.29, 0.717) is 18.4 Å². The molecule has 0 aliphatic carbocycles. The average molecular weight is 445 g/mol. The van der Waals surface area contributed by atoms with Crippen LogP contribution in [0.4, 0.5) is 13.2 Å². The van der Waals surface area contributed by atoms with Crippen LogP contribution in [0.5, 0.6) is 5.75 Å². The molecule has 8 heteroatoms. The lowest BCUT2D eigenvalue weighted by molar-refractivity contribution is -0.153. The standard InChI is InChI=1S/C15H22F3N3O.HI/c1-11(2)7-8-20-14(19)21-9-12-3-5-13(6-4-12)22-10-15(16,17)18;/h3-6,11H,7-10H2,1-2H3,(H3,19,20,21);1H. The van der Waals surface area contributed by atoms with Gasteiger partial charge in [0.25, 0.3) is 0 Å². The molecule has 0 saturated heterocycles. The fourth-order valence-electron chi connectivity index (χ4n) is 1.58. The number of nitrogens with zero attached hydrogens (tertiary/aromatic N) is 1. The third kappa shape index (κ3) is 11.1. The normalized spacial score (nSPS) is 12.0. The van der Waals surface area contributed by atoms with Crippen LogP contribution in [-0.4, -0.2) is 25.3 Å². The summed E-state index contributed by atoms with van der Waals surface area (Å²) in [6, 6.07) is 6.30. The lowest BCUT2D eigenvalue weighted by Crippen LogP contribution is -2.32. The molecule has 0 fully saturated rings. The van der Waals surface area contributed by atoms with Crippen molar-refractivity contribution < 1.29 is 17.9 Å². The highest BCUT2D eigenvalue weighted by atomic mass is 127. The highest BCUT2D eigenvalue weighted by molar-refractivity contribution is 14.0. The van der Waals surface area contributed by atoms with Crippen molar-refractivity contribution in [3.05, 3.63) is 29.8 Å². The second-order valence-electron chi connectivity index (χ2n) is 5.36. The van der Waals surface area contributed by atoms with Crippen LogP contribution in [0, 0.1) is 5.92 Å². The molecule has 0 aromatic heterocycles. The molecule has 0 amide bonds. The summed E-state index contributed by atoms with van der Waals surface area (Å²) < 4.78 is 40.7. The van der Waals surface area contributed by atoms with Crippen molar-refractivity contribution >= 4 is 29.9 Å². The van der Waals surface area contributed by atoms with E-state index in [1.165, 1.54) is 12.1 Å². The van der Waals surface area contributed by atoms with Gasteiger partial charge in [-0.15, -0.1) is 24.0 Å². The quantitative estimate of drug-likeness (QED) is 0.383. The van der Waals surface area contributed by atoms with Crippen LogP contribution >= 0.6 is 24.0 Å². The molecule has 0 aliphatic heterocycles. The lowest BCUT2D eigenvalue weighted by atomic mass is 10.1. The predicted molar refractivity (Wildman–Crippen MR) is 96.2 cm³/mol. The minimum atomic E-state index is -4.33. The fourth-order valence-corrected chi connectivity index (χ4v) is 1.58. The molecule has 4 nitrogen and oxygen atoms in total. The van der Waals surface area contributed by atoms with Crippen LogP contribution < -0.4 is 15.8 Å². The molecule has 1 rings (SSSR count). The smallest absolute Gasteiger partial charge is 0.422 e. The summed E-state index contributed by atoms with van der Waals surface area (Å²) >= 11 is 0. The highest BCUT2D eigenvalue weighted by Crippen LogP contribution is 2.19.